The standard InChI is InChI=1S/C15H19N3O2/c1-2-5-11-10(4-1)7-8-12(16-11)15-17-14(18-20-15)13-6-3-9-19-13/h3,6,9-12,16H,1-2,4-5,7-8H2. The average Bonchev–Trinajstić information content (AvgIpc) is 3.17. The van der Waals surface area contributed by atoms with Crippen molar-refractivity contribution < 1.29 is 8.94 Å². The molecule has 2 aliphatic rings. The van der Waals surface area contributed by atoms with Crippen molar-refractivity contribution >= 4 is 0 Å². The molecule has 1 aliphatic heterocycles. The Morgan fingerprint density at radius 3 is 3.00 bits per heavy atom. The molecule has 1 saturated heterocycles. The van der Waals surface area contributed by atoms with Crippen molar-refractivity contribution in [3.8, 4) is 11.6 Å². The highest BCUT2D eigenvalue weighted by molar-refractivity contribution is 5.44. The van der Waals surface area contributed by atoms with E-state index in [0.717, 1.165) is 12.3 Å². The summed E-state index contributed by atoms with van der Waals surface area (Å²) in [4.78, 5) is 4.48. The first-order valence-corrected chi connectivity index (χ1v) is 7.54. The molecule has 5 nitrogen and oxygen atoms in total. The molecule has 2 fully saturated rings. The number of fused-ring (bicyclic) bond motifs is 1. The molecule has 1 N–H and O–H groups in total. The van der Waals surface area contributed by atoms with E-state index in [1.807, 2.05) is 12.1 Å². The number of nitrogens with one attached hydrogen (secondary N) is 1. The zero-order chi connectivity index (χ0) is 13.4. The van der Waals surface area contributed by atoms with Crippen LogP contribution in [0.1, 0.15) is 50.5 Å². The van der Waals surface area contributed by atoms with Crippen LogP contribution in [0.5, 0.6) is 0 Å². The number of hydrogen-bond acceptors (Lipinski definition) is 5. The average molecular weight is 273 g/mol. The largest absolute Gasteiger partial charge is 0.461 e. The molecule has 3 atom stereocenters. The van der Waals surface area contributed by atoms with E-state index < -0.39 is 0 Å². The van der Waals surface area contributed by atoms with E-state index in [1.165, 1.54) is 32.1 Å². The zero-order valence-corrected chi connectivity index (χ0v) is 11.4. The van der Waals surface area contributed by atoms with Gasteiger partial charge >= 0.3 is 0 Å². The van der Waals surface area contributed by atoms with E-state index in [-0.39, 0.29) is 6.04 Å². The molecule has 5 heteroatoms. The van der Waals surface area contributed by atoms with E-state index in [0.29, 0.717) is 23.5 Å². The third-order valence-electron chi connectivity index (χ3n) is 4.63. The summed E-state index contributed by atoms with van der Waals surface area (Å²) in [5, 5.41) is 7.72. The third kappa shape index (κ3) is 2.16. The fraction of sp³-hybridized carbons (Fsp3) is 0.600. The van der Waals surface area contributed by atoms with Crippen LogP contribution in [0.3, 0.4) is 0 Å². The second-order valence-electron chi connectivity index (χ2n) is 5.88. The maximum absolute atomic E-state index is 5.42. The van der Waals surface area contributed by atoms with Gasteiger partial charge < -0.3 is 14.3 Å². The van der Waals surface area contributed by atoms with Crippen molar-refractivity contribution in [3.05, 3.63) is 24.3 Å². The lowest BCUT2D eigenvalue weighted by Gasteiger charge is -2.39. The van der Waals surface area contributed by atoms with Crippen LogP contribution in [0.4, 0.5) is 0 Å². The molecule has 0 amide bonds. The highest BCUT2D eigenvalue weighted by Gasteiger charge is 2.34. The van der Waals surface area contributed by atoms with Gasteiger partial charge in [0.2, 0.25) is 11.7 Å². The number of nitrogens with zero attached hydrogens (tertiary/aromatic N) is 2. The summed E-state index contributed by atoms with van der Waals surface area (Å²) in [5.41, 5.74) is 0. The van der Waals surface area contributed by atoms with Crippen LogP contribution in [0.15, 0.2) is 27.3 Å². The van der Waals surface area contributed by atoms with Gasteiger partial charge in [-0.3, -0.25) is 0 Å². The SMILES string of the molecule is c1coc(-c2noc(C3CCC4CCCCC4N3)n2)c1. The molecule has 0 spiro atoms. The van der Waals surface area contributed by atoms with Gasteiger partial charge in [0.1, 0.15) is 0 Å². The molecule has 1 saturated carbocycles. The molecular formula is C15H19N3O2. The topological polar surface area (TPSA) is 64.1 Å². The Balaban J connectivity index is 1.50. The van der Waals surface area contributed by atoms with Crippen LogP contribution in [-0.2, 0) is 0 Å². The first-order chi connectivity index (χ1) is 9.90. The van der Waals surface area contributed by atoms with E-state index >= 15 is 0 Å². The van der Waals surface area contributed by atoms with Gasteiger partial charge in [0, 0.05) is 6.04 Å². The summed E-state index contributed by atoms with van der Waals surface area (Å²) >= 11 is 0. The Hall–Kier alpha value is -1.62. The Bertz CT molecular complexity index is 563. The maximum atomic E-state index is 5.42. The number of furan rings is 1. The van der Waals surface area contributed by atoms with Gasteiger partial charge in [0.15, 0.2) is 5.76 Å². The molecule has 2 aromatic heterocycles. The third-order valence-corrected chi connectivity index (χ3v) is 4.63. The lowest BCUT2D eigenvalue weighted by atomic mass is 9.78. The van der Waals surface area contributed by atoms with E-state index in [1.54, 1.807) is 6.26 Å². The van der Waals surface area contributed by atoms with Crippen molar-refractivity contribution in [2.24, 2.45) is 5.92 Å². The Morgan fingerprint density at radius 2 is 2.10 bits per heavy atom. The second kappa shape index (κ2) is 5.05. The number of hydrogen-bond donors (Lipinski definition) is 1. The molecule has 1 aliphatic carbocycles. The summed E-state index contributed by atoms with van der Waals surface area (Å²) in [6.45, 7) is 0. The van der Waals surface area contributed by atoms with E-state index in [4.69, 9.17) is 8.94 Å². The van der Waals surface area contributed by atoms with Gasteiger partial charge in [0.25, 0.3) is 0 Å². The van der Waals surface area contributed by atoms with Crippen molar-refractivity contribution in [1.29, 1.82) is 0 Å². The van der Waals surface area contributed by atoms with Gasteiger partial charge in [-0.25, -0.2) is 0 Å². The minimum Gasteiger partial charge on any atom is -0.461 e. The fourth-order valence-corrected chi connectivity index (χ4v) is 3.57. The van der Waals surface area contributed by atoms with Crippen LogP contribution in [0.25, 0.3) is 11.6 Å². The summed E-state index contributed by atoms with van der Waals surface area (Å²) < 4.78 is 10.7. The van der Waals surface area contributed by atoms with E-state index in [2.05, 4.69) is 15.5 Å². The van der Waals surface area contributed by atoms with E-state index in [9.17, 15) is 0 Å². The van der Waals surface area contributed by atoms with Crippen LogP contribution in [-0.4, -0.2) is 16.2 Å². The quantitative estimate of drug-likeness (QED) is 0.909. The van der Waals surface area contributed by atoms with Gasteiger partial charge in [-0.2, -0.15) is 4.98 Å². The normalized spacial score (nSPS) is 30.1. The fourth-order valence-electron chi connectivity index (χ4n) is 3.57. The molecule has 106 valence electrons. The lowest BCUT2D eigenvalue weighted by Crippen LogP contribution is -2.44. The van der Waals surface area contributed by atoms with Gasteiger partial charge in [-0.1, -0.05) is 18.0 Å². The van der Waals surface area contributed by atoms with Crippen LogP contribution < -0.4 is 5.32 Å². The van der Waals surface area contributed by atoms with Gasteiger partial charge in [0.05, 0.1) is 12.3 Å². The highest BCUT2D eigenvalue weighted by atomic mass is 16.5. The second-order valence-corrected chi connectivity index (χ2v) is 5.88. The summed E-state index contributed by atoms with van der Waals surface area (Å²) in [6, 6.07) is 4.50. The molecule has 4 rings (SSSR count). The lowest BCUT2D eigenvalue weighted by molar-refractivity contribution is 0.158. The Morgan fingerprint density at radius 1 is 1.15 bits per heavy atom. The Kier molecular flexibility index (Phi) is 3.07. The predicted octanol–water partition coefficient (Wildman–Crippen LogP) is 3.31. The minimum absolute atomic E-state index is 0.200. The van der Waals surface area contributed by atoms with Gasteiger partial charge in [-0.05, 0) is 43.7 Å². The molecule has 0 radical (unpaired) electrons. The first-order valence-electron chi connectivity index (χ1n) is 7.54. The highest BCUT2D eigenvalue weighted by Crippen LogP contribution is 2.36. The molecule has 0 bridgehead atoms. The Labute approximate surface area is 117 Å². The number of piperidine rings is 1. The minimum atomic E-state index is 0.200. The monoisotopic (exact) mass is 273 g/mol. The van der Waals surface area contributed by atoms with Crippen LogP contribution >= 0.6 is 0 Å². The molecule has 0 aromatic carbocycles. The molecule has 3 unspecified atom stereocenters. The molecule has 20 heavy (non-hydrogen) atoms. The molecule has 3 heterocycles. The summed E-state index contributed by atoms with van der Waals surface area (Å²) in [7, 11) is 0. The van der Waals surface area contributed by atoms with Crippen molar-refractivity contribution in [3.63, 3.8) is 0 Å². The van der Waals surface area contributed by atoms with Crippen molar-refractivity contribution in [1.82, 2.24) is 15.5 Å². The number of aromatic nitrogens is 2. The van der Waals surface area contributed by atoms with Crippen molar-refractivity contribution in [2.75, 3.05) is 0 Å². The first kappa shape index (κ1) is 12.1. The van der Waals surface area contributed by atoms with Gasteiger partial charge in [-0.15, -0.1) is 0 Å². The maximum Gasteiger partial charge on any atom is 0.244 e. The molecular weight excluding hydrogens is 254 g/mol. The number of rotatable bonds is 2. The summed E-state index contributed by atoms with van der Waals surface area (Å²) in [5.74, 6) is 2.73. The predicted molar refractivity (Wildman–Crippen MR) is 72.9 cm³/mol. The van der Waals surface area contributed by atoms with Crippen molar-refractivity contribution in [2.45, 2.75) is 50.6 Å². The summed E-state index contributed by atoms with van der Waals surface area (Å²) in [6.07, 6.45) is 9.34. The smallest absolute Gasteiger partial charge is 0.244 e. The van der Waals surface area contributed by atoms with Crippen LogP contribution in [0, 0.1) is 5.92 Å². The van der Waals surface area contributed by atoms with Crippen LogP contribution in [0.2, 0.25) is 0 Å². The zero-order valence-electron chi connectivity index (χ0n) is 11.4. The molecule has 2 aromatic rings.